The Morgan fingerprint density at radius 1 is 1.60 bits per heavy atom. The molecular weight excluding hydrogens is 146 g/mol. The van der Waals surface area contributed by atoms with E-state index in [4.69, 9.17) is 0 Å². The van der Waals surface area contributed by atoms with E-state index in [1.165, 1.54) is 0 Å². The Morgan fingerprint density at radius 2 is 2.10 bits per heavy atom. The normalized spacial score (nSPS) is 24.1. The lowest BCUT2D eigenvalue weighted by Gasteiger charge is -2.06. The summed E-state index contributed by atoms with van der Waals surface area (Å²) in [6.07, 6.45) is 0. The van der Waals surface area contributed by atoms with Crippen LogP contribution in [0.15, 0.2) is 11.6 Å². The minimum absolute atomic E-state index is 0.759. The molecule has 0 aromatic rings. The van der Waals surface area contributed by atoms with E-state index >= 15 is 0 Å². The Hall–Kier alpha value is -0.310. The third kappa shape index (κ3) is 2.14. The summed E-state index contributed by atoms with van der Waals surface area (Å²) in [4.78, 5) is 1.93. The van der Waals surface area contributed by atoms with Crippen LogP contribution in [0.4, 0.5) is 0 Å². The predicted octanol–water partition coefficient (Wildman–Crippen LogP) is 1.18. The van der Waals surface area contributed by atoms with E-state index in [1.807, 2.05) is 25.8 Å². The molecule has 0 aliphatic carbocycles. The molecular formula is C7H15NOS. The monoisotopic (exact) mass is 161 g/mol. The number of nitrogens with zero attached hydrogens (tertiary/aromatic N) is 1. The van der Waals surface area contributed by atoms with Gasteiger partial charge in [0.2, 0.25) is 0 Å². The fourth-order valence-electron chi connectivity index (χ4n) is 0.636. The van der Waals surface area contributed by atoms with Gasteiger partial charge in [-0.2, -0.15) is 0 Å². The van der Waals surface area contributed by atoms with Crippen LogP contribution >= 0.6 is 0 Å². The molecule has 1 rings (SSSR count). The molecule has 0 N–H and O–H groups in total. The van der Waals surface area contributed by atoms with E-state index in [-0.39, 0.29) is 0 Å². The predicted molar refractivity (Wildman–Crippen MR) is 46.1 cm³/mol. The van der Waals surface area contributed by atoms with Gasteiger partial charge in [0.15, 0.2) is 0 Å². The zero-order valence-electron chi connectivity index (χ0n) is 6.89. The first-order valence-electron chi connectivity index (χ1n) is 3.50. The zero-order chi connectivity index (χ0) is 8.15. The van der Waals surface area contributed by atoms with Gasteiger partial charge in [-0.15, -0.1) is 0 Å². The molecule has 0 aromatic carbocycles. The third-order valence-corrected chi connectivity index (χ3v) is 2.69. The Kier molecular flexibility index (Phi) is 4.36. The SMILES string of the molecule is C=C1N(C)CCS1=O.CC. The first-order valence-corrected chi connectivity index (χ1v) is 4.82. The first kappa shape index (κ1) is 9.69. The smallest absolute Gasteiger partial charge is 0.0947 e. The first-order chi connectivity index (χ1) is 4.72. The highest BCUT2D eigenvalue weighted by atomic mass is 32.2. The van der Waals surface area contributed by atoms with E-state index < -0.39 is 10.8 Å². The second-order valence-corrected chi connectivity index (χ2v) is 3.44. The molecule has 0 radical (unpaired) electrons. The average molecular weight is 161 g/mol. The maximum absolute atomic E-state index is 10.8. The highest BCUT2D eigenvalue weighted by Gasteiger charge is 2.17. The second kappa shape index (κ2) is 4.50. The Morgan fingerprint density at radius 3 is 2.20 bits per heavy atom. The molecule has 1 saturated heterocycles. The molecule has 0 aromatic heterocycles. The average Bonchev–Trinajstić information content (AvgIpc) is 2.25. The highest BCUT2D eigenvalue weighted by Crippen LogP contribution is 2.11. The molecule has 1 fully saturated rings. The minimum Gasteiger partial charge on any atom is -0.367 e. The van der Waals surface area contributed by atoms with Crippen molar-refractivity contribution in [3.8, 4) is 0 Å². The van der Waals surface area contributed by atoms with Crippen LogP contribution < -0.4 is 0 Å². The van der Waals surface area contributed by atoms with Crippen molar-refractivity contribution >= 4 is 10.8 Å². The van der Waals surface area contributed by atoms with Gasteiger partial charge in [-0.3, -0.25) is 4.21 Å². The van der Waals surface area contributed by atoms with Crippen LogP contribution in [0, 0.1) is 0 Å². The quantitative estimate of drug-likeness (QED) is 0.531. The number of rotatable bonds is 0. The van der Waals surface area contributed by atoms with Crippen LogP contribution in [-0.2, 0) is 10.8 Å². The minimum atomic E-state index is -0.766. The molecule has 1 unspecified atom stereocenters. The topological polar surface area (TPSA) is 20.3 Å². The fourth-order valence-corrected chi connectivity index (χ4v) is 1.75. The lowest BCUT2D eigenvalue weighted by atomic mass is 10.7. The lowest BCUT2D eigenvalue weighted by molar-refractivity contribution is 0.494. The van der Waals surface area contributed by atoms with Gasteiger partial charge in [-0.25, -0.2) is 0 Å². The van der Waals surface area contributed by atoms with Gasteiger partial charge in [0, 0.05) is 19.3 Å². The van der Waals surface area contributed by atoms with E-state index in [0.29, 0.717) is 0 Å². The third-order valence-electron chi connectivity index (χ3n) is 1.30. The van der Waals surface area contributed by atoms with Crippen LogP contribution in [0.25, 0.3) is 0 Å². The summed E-state index contributed by atoms with van der Waals surface area (Å²) in [5.74, 6) is 0.759. The standard InChI is InChI=1S/C5H9NOS.C2H6/c1-5-6(2)3-4-8(5)7;1-2/h1,3-4H2,2H3;1-2H3. The van der Waals surface area contributed by atoms with Crippen molar-refractivity contribution < 1.29 is 4.21 Å². The van der Waals surface area contributed by atoms with Crippen molar-refractivity contribution in [1.82, 2.24) is 4.90 Å². The Bertz CT molecular complexity index is 145. The van der Waals surface area contributed by atoms with Crippen molar-refractivity contribution in [2.24, 2.45) is 0 Å². The summed E-state index contributed by atoms with van der Waals surface area (Å²) in [6, 6.07) is 0. The maximum atomic E-state index is 10.8. The zero-order valence-corrected chi connectivity index (χ0v) is 7.70. The molecule has 0 amide bonds. The summed E-state index contributed by atoms with van der Waals surface area (Å²) in [5, 5.41) is 0.769. The summed E-state index contributed by atoms with van der Waals surface area (Å²) >= 11 is 0. The van der Waals surface area contributed by atoms with Gasteiger partial charge in [0.25, 0.3) is 0 Å². The van der Waals surface area contributed by atoms with E-state index in [1.54, 1.807) is 0 Å². The van der Waals surface area contributed by atoms with Gasteiger partial charge in [0.05, 0.1) is 15.8 Å². The van der Waals surface area contributed by atoms with E-state index in [0.717, 1.165) is 17.3 Å². The van der Waals surface area contributed by atoms with Crippen molar-refractivity contribution in [2.45, 2.75) is 13.8 Å². The number of hydrogen-bond acceptors (Lipinski definition) is 2. The molecule has 2 nitrogen and oxygen atoms in total. The molecule has 1 atom stereocenters. The molecule has 1 aliphatic heterocycles. The van der Waals surface area contributed by atoms with Crippen LogP contribution in [-0.4, -0.2) is 28.5 Å². The van der Waals surface area contributed by atoms with E-state index in [9.17, 15) is 4.21 Å². The van der Waals surface area contributed by atoms with E-state index in [2.05, 4.69) is 6.58 Å². The molecule has 0 saturated carbocycles. The van der Waals surface area contributed by atoms with Crippen molar-refractivity contribution in [1.29, 1.82) is 0 Å². The molecule has 60 valence electrons. The van der Waals surface area contributed by atoms with Crippen molar-refractivity contribution in [3.05, 3.63) is 11.6 Å². The van der Waals surface area contributed by atoms with Crippen LogP contribution in [0.1, 0.15) is 13.8 Å². The Labute approximate surface area is 65.4 Å². The molecule has 3 heteroatoms. The maximum Gasteiger partial charge on any atom is 0.0947 e. The summed E-state index contributed by atoms with van der Waals surface area (Å²) < 4.78 is 10.8. The fraction of sp³-hybridized carbons (Fsp3) is 0.714. The molecule has 1 aliphatic rings. The molecule has 0 bridgehead atoms. The largest absolute Gasteiger partial charge is 0.367 e. The van der Waals surface area contributed by atoms with Gasteiger partial charge in [-0.05, 0) is 0 Å². The molecule has 1 heterocycles. The number of hydrogen-bond donors (Lipinski definition) is 0. The van der Waals surface area contributed by atoms with Crippen LogP contribution in [0.2, 0.25) is 0 Å². The summed E-state index contributed by atoms with van der Waals surface area (Å²) in [5.41, 5.74) is 0. The van der Waals surface area contributed by atoms with Gasteiger partial charge in [-0.1, -0.05) is 20.4 Å². The lowest BCUT2D eigenvalue weighted by Crippen LogP contribution is -2.09. The molecule has 10 heavy (non-hydrogen) atoms. The Balaban J connectivity index is 0.000000371. The van der Waals surface area contributed by atoms with Gasteiger partial charge in [0.1, 0.15) is 0 Å². The highest BCUT2D eigenvalue weighted by molar-refractivity contribution is 7.89. The molecule has 0 spiro atoms. The van der Waals surface area contributed by atoms with Gasteiger partial charge >= 0.3 is 0 Å². The summed E-state index contributed by atoms with van der Waals surface area (Å²) in [7, 11) is 1.14. The van der Waals surface area contributed by atoms with Crippen molar-refractivity contribution in [3.63, 3.8) is 0 Å². The summed E-state index contributed by atoms with van der Waals surface area (Å²) in [6.45, 7) is 8.54. The second-order valence-electron chi connectivity index (χ2n) is 1.86. The van der Waals surface area contributed by atoms with Crippen LogP contribution in [0.3, 0.4) is 0 Å². The van der Waals surface area contributed by atoms with Crippen molar-refractivity contribution in [2.75, 3.05) is 19.3 Å². The van der Waals surface area contributed by atoms with Crippen LogP contribution in [0.5, 0.6) is 0 Å². The van der Waals surface area contributed by atoms with Gasteiger partial charge < -0.3 is 4.90 Å².